The third-order valence-electron chi connectivity index (χ3n) is 4.91. The number of sulfonamides is 1. The largest absolute Gasteiger partial charge is 0.467 e. The molecule has 0 spiro atoms. The van der Waals surface area contributed by atoms with Crippen LogP contribution in [-0.4, -0.2) is 35.2 Å². The quantitative estimate of drug-likeness (QED) is 0.405. The van der Waals surface area contributed by atoms with Crippen molar-refractivity contribution in [3.63, 3.8) is 0 Å². The van der Waals surface area contributed by atoms with Crippen LogP contribution < -0.4 is 9.46 Å². The van der Waals surface area contributed by atoms with Gasteiger partial charge in [0.1, 0.15) is 15.7 Å². The monoisotopic (exact) mass is 510 g/mol. The predicted molar refractivity (Wildman–Crippen MR) is 124 cm³/mol. The lowest BCUT2D eigenvalue weighted by Gasteiger charge is -2.12. The summed E-state index contributed by atoms with van der Waals surface area (Å²) in [6.45, 7) is 3.25. The lowest BCUT2D eigenvalue weighted by Crippen LogP contribution is -2.15. The zero-order valence-corrected chi connectivity index (χ0v) is 20.4. The van der Waals surface area contributed by atoms with Crippen molar-refractivity contribution in [1.29, 1.82) is 0 Å². The molecule has 0 unspecified atom stereocenters. The molecule has 0 aliphatic rings. The molecular weight excluding hydrogens is 491 g/mol. The Morgan fingerprint density at radius 3 is 2.45 bits per heavy atom. The normalized spacial score (nSPS) is 12.3. The summed E-state index contributed by atoms with van der Waals surface area (Å²) in [5.41, 5.74) is 1.06. The number of methoxy groups -OCH3 is 1. The van der Waals surface area contributed by atoms with Crippen LogP contribution in [0.1, 0.15) is 11.3 Å². The molecule has 2 aromatic carbocycles. The fraction of sp³-hybridized carbons (Fsp3) is 0.190. The Hall–Kier alpha value is -2.96. The topological polar surface area (TPSA) is 116 Å². The number of oxazole rings is 1. The van der Waals surface area contributed by atoms with Crippen LogP contribution in [0.5, 0.6) is 5.95 Å². The van der Waals surface area contributed by atoms with Crippen molar-refractivity contribution in [2.24, 2.45) is 0 Å². The maximum atomic E-state index is 13.6. The fourth-order valence-electron chi connectivity index (χ4n) is 3.36. The summed E-state index contributed by atoms with van der Waals surface area (Å²) in [6, 6.07) is 8.13. The van der Waals surface area contributed by atoms with Gasteiger partial charge in [-0.15, -0.1) is 11.3 Å². The zero-order valence-electron chi connectivity index (χ0n) is 18.0. The van der Waals surface area contributed by atoms with Gasteiger partial charge in [0.25, 0.3) is 10.0 Å². The van der Waals surface area contributed by atoms with Crippen molar-refractivity contribution < 1.29 is 30.4 Å². The molecule has 0 saturated heterocycles. The number of fused-ring (bicyclic) bond motifs is 1. The summed E-state index contributed by atoms with van der Waals surface area (Å²) in [5.74, 6) is -0.160. The SMILES string of the molecule is COc1oc(-c2ccc(NS(=O)(=O)c3sc4ccc(F)cc4c3C)c(S(C)(=O)=O)c2)nc1C. The molecule has 174 valence electrons. The van der Waals surface area contributed by atoms with E-state index in [-0.39, 0.29) is 26.6 Å². The van der Waals surface area contributed by atoms with Crippen LogP contribution >= 0.6 is 11.3 Å². The van der Waals surface area contributed by atoms with Gasteiger partial charge in [0.15, 0.2) is 9.84 Å². The average molecular weight is 511 g/mol. The lowest BCUT2D eigenvalue weighted by atomic mass is 10.2. The second-order valence-electron chi connectivity index (χ2n) is 7.34. The number of aromatic nitrogens is 1. The summed E-state index contributed by atoms with van der Waals surface area (Å²) < 4.78 is 78.4. The Labute approximate surface area is 194 Å². The molecule has 1 N–H and O–H groups in total. The number of nitrogens with zero attached hydrogens (tertiary/aromatic N) is 1. The highest BCUT2D eigenvalue weighted by molar-refractivity contribution is 7.95. The van der Waals surface area contributed by atoms with E-state index in [2.05, 4.69) is 9.71 Å². The van der Waals surface area contributed by atoms with Crippen molar-refractivity contribution in [3.8, 4) is 17.4 Å². The van der Waals surface area contributed by atoms with E-state index in [1.54, 1.807) is 13.8 Å². The number of ether oxygens (including phenoxy) is 1. The first kappa shape index (κ1) is 23.2. The van der Waals surface area contributed by atoms with Gasteiger partial charge >= 0.3 is 5.95 Å². The van der Waals surface area contributed by atoms with Gasteiger partial charge < -0.3 is 9.15 Å². The van der Waals surface area contributed by atoms with E-state index in [4.69, 9.17) is 9.15 Å². The van der Waals surface area contributed by atoms with Gasteiger partial charge in [-0.05, 0) is 61.2 Å². The molecule has 2 aromatic heterocycles. The van der Waals surface area contributed by atoms with E-state index in [1.165, 1.54) is 43.5 Å². The molecule has 0 radical (unpaired) electrons. The number of sulfone groups is 1. The van der Waals surface area contributed by atoms with E-state index in [0.29, 0.717) is 26.9 Å². The summed E-state index contributed by atoms with van der Waals surface area (Å²) in [7, 11) is -6.59. The lowest BCUT2D eigenvalue weighted by molar-refractivity contribution is 0.306. The zero-order chi connectivity index (χ0) is 24.1. The Kier molecular flexibility index (Phi) is 5.71. The molecule has 0 saturated carbocycles. The first-order valence-electron chi connectivity index (χ1n) is 9.48. The van der Waals surface area contributed by atoms with Crippen molar-refractivity contribution in [1.82, 2.24) is 4.98 Å². The Bertz CT molecular complexity index is 1600. The van der Waals surface area contributed by atoms with Gasteiger partial charge in [-0.3, -0.25) is 4.72 Å². The molecule has 0 bridgehead atoms. The second kappa shape index (κ2) is 8.12. The van der Waals surface area contributed by atoms with Gasteiger partial charge in [-0.1, -0.05) is 0 Å². The van der Waals surface area contributed by atoms with E-state index in [1.807, 2.05) is 0 Å². The second-order valence-corrected chi connectivity index (χ2v) is 12.3. The van der Waals surface area contributed by atoms with E-state index in [0.717, 1.165) is 17.6 Å². The minimum absolute atomic E-state index is 0.0281. The van der Waals surface area contributed by atoms with Crippen LogP contribution in [0.25, 0.3) is 21.5 Å². The minimum Gasteiger partial charge on any atom is -0.467 e. The summed E-state index contributed by atoms with van der Waals surface area (Å²) in [6.07, 6.45) is 0.971. The van der Waals surface area contributed by atoms with Crippen molar-refractivity contribution in [2.45, 2.75) is 23.0 Å². The number of hydrogen-bond acceptors (Lipinski definition) is 8. The molecular formula is C21H19FN2O6S3. The molecule has 33 heavy (non-hydrogen) atoms. The first-order valence-corrected chi connectivity index (χ1v) is 13.7. The molecule has 0 aliphatic heterocycles. The maximum Gasteiger partial charge on any atom is 0.308 e. The molecule has 4 aromatic rings. The fourth-order valence-corrected chi connectivity index (χ4v) is 7.11. The number of thiophene rings is 1. The third kappa shape index (κ3) is 4.33. The molecule has 4 rings (SSSR count). The predicted octanol–water partition coefficient (Wildman–Crippen LogP) is 4.53. The van der Waals surface area contributed by atoms with Crippen molar-refractivity contribution in [2.75, 3.05) is 18.1 Å². The van der Waals surface area contributed by atoms with E-state index in [9.17, 15) is 21.2 Å². The van der Waals surface area contributed by atoms with Crippen LogP contribution in [0.2, 0.25) is 0 Å². The van der Waals surface area contributed by atoms with Crippen LogP contribution in [0.15, 0.2) is 49.9 Å². The summed E-state index contributed by atoms with van der Waals surface area (Å²) >= 11 is 0.974. The number of benzene rings is 2. The maximum absolute atomic E-state index is 13.6. The smallest absolute Gasteiger partial charge is 0.308 e. The van der Waals surface area contributed by atoms with E-state index >= 15 is 0 Å². The number of hydrogen-bond donors (Lipinski definition) is 1. The highest BCUT2D eigenvalue weighted by Gasteiger charge is 2.26. The van der Waals surface area contributed by atoms with Gasteiger partial charge in [0, 0.05) is 16.5 Å². The van der Waals surface area contributed by atoms with Crippen molar-refractivity contribution >= 4 is 47.0 Å². The molecule has 0 amide bonds. The Morgan fingerprint density at radius 2 is 1.82 bits per heavy atom. The third-order valence-corrected chi connectivity index (χ3v) is 9.31. The van der Waals surface area contributed by atoms with Crippen molar-refractivity contribution in [3.05, 3.63) is 53.5 Å². The summed E-state index contributed by atoms with van der Waals surface area (Å²) in [4.78, 5) is 3.97. The van der Waals surface area contributed by atoms with Crippen LogP contribution in [0.4, 0.5) is 10.1 Å². The van der Waals surface area contributed by atoms with Gasteiger partial charge in [0.05, 0.1) is 17.7 Å². The summed E-state index contributed by atoms with van der Waals surface area (Å²) in [5, 5.41) is 0.479. The van der Waals surface area contributed by atoms with Gasteiger partial charge in [-0.25, -0.2) is 26.2 Å². The van der Waals surface area contributed by atoms with Crippen LogP contribution in [0.3, 0.4) is 0 Å². The molecule has 0 atom stereocenters. The number of halogens is 1. The highest BCUT2D eigenvalue weighted by atomic mass is 32.2. The molecule has 2 heterocycles. The van der Waals surface area contributed by atoms with Crippen LogP contribution in [-0.2, 0) is 19.9 Å². The van der Waals surface area contributed by atoms with E-state index < -0.39 is 25.7 Å². The Morgan fingerprint density at radius 1 is 1.09 bits per heavy atom. The Balaban J connectivity index is 1.79. The molecule has 12 heteroatoms. The number of rotatable bonds is 6. The number of aryl methyl sites for hydroxylation is 2. The number of nitrogens with one attached hydrogen (secondary N) is 1. The first-order chi connectivity index (χ1) is 15.4. The standard InChI is InChI=1S/C21H19FN2O6S3/c1-11-15-10-14(22)6-8-17(15)31-21(11)33(27,28)24-16-7-5-13(9-18(16)32(4,25)26)19-23-12(2)20(29-3)30-19/h5-10,24H,1-4H3. The highest BCUT2D eigenvalue weighted by Crippen LogP contribution is 2.37. The molecule has 8 nitrogen and oxygen atoms in total. The molecule has 0 aliphatic carbocycles. The number of anilines is 1. The van der Waals surface area contributed by atoms with Gasteiger partial charge in [0.2, 0.25) is 5.89 Å². The van der Waals surface area contributed by atoms with Crippen LogP contribution in [0, 0.1) is 19.7 Å². The average Bonchev–Trinajstić information content (AvgIpc) is 3.27. The minimum atomic E-state index is -4.16. The molecule has 0 fully saturated rings. The van der Waals surface area contributed by atoms with Gasteiger partial charge in [-0.2, -0.15) is 0 Å².